The van der Waals surface area contributed by atoms with Crippen LogP contribution in [-0.2, 0) is 6.54 Å². The summed E-state index contributed by atoms with van der Waals surface area (Å²) in [6.07, 6.45) is 8.77. The lowest BCUT2D eigenvalue weighted by Crippen LogP contribution is -2.28. The van der Waals surface area contributed by atoms with Gasteiger partial charge in [-0.05, 0) is 55.6 Å². The Morgan fingerprint density at radius 2 is 1.95 bits per heavy atom. The van der Waals surface area contributed by atoms with Crippen LogP contribution >= 0.6 is 0 Å². The van der Waals surface area contributed by atoms with Gasteiger partial charge in [0.05, 0.1) is 0 Å². The minimum absolute atomic E-state index is 0.468. The van der Waals surface area contributed by atoms with E-state index < -0.39 is 0 Å². The van der Waals surface area contributed by atoms with Gasteiger partial charge in [0, 0.05) is 24.5 Å². The van der Waals surface area contributed by atoms with Crippen LogP contribution in [0.15, 0.2) is 18.3 Å². The maximum Gasteiger partial charge on any atom is 0.0372 e. The number of hydrogen-bond acceptors (Lipinski definition) is 2. The third-order valence-electron chi connectivity index (χ3n) is 4.76. The summed E-state index contributed by atoms with van der Waals surface area (Å²) >= 11 is 0. The van der Waals surface area contributed by atoms with Crippen LogP contribution in [-0.4, -0.2) is 11.0 Å². The molecule has 1 aliphatic rings. The number of aryl methyl sites for hydroxylation is 1. The molecule has 1 aromatic heterocycles. The number of nitrogens with zero attached hydrogens (tertiary/aromatic N) is 1. The highest BCUT2D eigenvalue weighted by Crippen LogP contribution is 2.36. The molecular formula is C18H30N2. The maximum absolute atomic E-state index is 4.37. The molecule has 1 N–H and O–H groups in total. The van der Waals surface area contributed by atoms with Crippen molar-refractivity contribution in [1.29, 1.82) is 0 Å². The summed E-state index contributed by atoms with van der Waals surface area (Å²) in [6.45, 7) is 10.2. The number of nitrogens with one attached hydrogen (secondary N) is 1. The molecule has 2 atom stereocenters. The largest absolute Gasteiger partial charge is 0.310 e. The van der Waals surface area contributed by atoms with E-state index in [1.807, 2.05) is 13.1 Å². The molecular weight excluding hydrogens is 244 g/mol. The molecule has 0 aliphatic heterocycles. The standard InChI is InChI=1S/C18H30N2/c1-14-8-9-15(12-19-14)13-20-17-7-5-6-16(10-11-17)18(2,3)4/h8-9,12,16-17,20H,5-7,10-11,13H2,1-4H3. The zero-order valence-corrected chi connectivity index (χ0v) is 13.6. The van der Waals surface area contributed by atoms with E-state index in [0.717, 1.165) is 18.2 Å². The molecule has 0 radical (unpaired) electrons. The molecule has 2 heteroatoms. The van der Waals surface area contributed by atoms with E-state index in [1.54, 1.807) is 0 Å². The minimum atomic E-state index is 0.468. The van der Waals surface area contributed by atoms with Gasteiger partial charge in [-0.3, -0.25) is 4.98 Å². The lowest BCUT2D eigenvalue weighted by atomic mass is 9.76. The van der Waals surface area contributed by atoms with Crippen LogP contribution < -0.4 is 5.32 Å². The molecule has 1 aliphatic carbocycles. The fraction of sp³-hybridized carbons (Fsp3) is 0.722. The van der Waals surface area contributed by atoms with Gasteiger partial charge in [0.15, 0.2) is 0 Å². The molecule has 2 nitrogen and oxygen atoms in total. The second kappa shape index (κ2) is 6.71. The Labute approximate surface area is 124 Å². The summed E-state index contributed by atoms with van der Waals surface area (Å²) in [5, 5.41) is 3.73. The third kappa shape index (κ3) is 4.59. The van der Waals surface area contributed by atoms with Gasteiger partial charge in [-0.25, -0.2) is 0 Å². The molecule has 2 rings (SSSR count). The van der Waals surface area contributed by atoms with Gasteiger partial charge in [0.25, 0.3) is 0 Å². The molecule has 112 valence electrons. The smallest absolute Gasteiger partial charge is 0.0372 e. The second-order valence-electron chi connectivity index (χ2n) is 7.46. The van der Waals surface area contributed by atoms with E-state index in [-0.39, 0.29) is 0 Å². The molecule has 0 saturated heterocycles. The second-order valence-corrected chi connectivity index (χ2v) is 7.46. The molecule has 0 spiro atoms. The van der Waals surface area contributed by atoms with Crippen molar-refractivity contribution in [3.63, 3.8) is 0 Å². The van der Waals surface area contributed by atoms with Crippen molar-refractivity contribution in [3.8, 4) is 0 Å². The van der Waals surface area contributed by atoms with Gasteiger partial charge in [0.1, 0.15) is 0 Å². The van der Waals surface area contributed by atoms with Gasteiger partial charge in [-0.1, -0.05) is 33.3 Å². The zero-order chi connectivity index (χ0) is 14.6. The SMILES string of the molecule is Cc1ccc(CNC2CCCC(C(C)(C)C)CC2)cn1. The number of pyridine rings is 1. The first kappa shape index (κ1) is 15.5. The van der Waals surface area contributed by atoms with Crippen molar-refractivity contribution in [2.45, 2.75) is 72.4 Å². The van der Waals surface area contributed by atoms with Crippen molar-refractivity contribution < 1.29 is 0 Å². The van der Waals surface area contributed by atoms with Gasteiger partial charge >= 0.3 is 0 Å². The third-order valence-corrected chi connectivity index (χ3v) is 4.76. The molecule has 1 saturated carbocycles. The van der Waals surface area contributed by atoms with Crippen LogP contribution in [0, 0.1) is 18.3 Å². The predicted octanol–water partition coefficient (Wildman–Crippen LogP) is 4.47. The van der Waals surface area contributed by atoms with E-state index in [2.05, 4.69) is 43.2 Å². The number of rotatable bonds is 3. The summed E-state index contributed by atoms with van der Waals surface area (Å²) in [5.41, 5.74) is 2.86. The lowest BCUT2D eigenvalue weighted by Gasteiger charge is -2.29. The van der Waals surface area contributed by atoms with Crippen molar-refractivity contribution in [3.05, 3.63) is 29.6 Å². The predicted molar refractivity (Wildman–Crippen MR) is 85.6 cm³/mol. The monoisotopic (exact) mass is 274 g/mol. The quantitative estimate of drug-likeness (QED) is 0.822. The Morgan fingerprint density at radius 3 is 2.60 bits per heavy atom. The Bertz CT molecular complexity index is 402. The summed E-state index contributed by atoms with van der Waals surface area (Å²) in [7, 11) is 0. The van der Waals surface area contributed by atoms with Crippen LogP contribution in [0.4, 0.5) is 0 Å². The van der Waals surface area contributed by atoms with Gasteiger partial charge < -0.3 is 5.32 Å². The van der Waals surface area contributed by atoms with E-state index >= 15 is 0 Å². The molecule has 20 heavy (non-hydrogen) atoms. The van der Waals surface area contributed by atoms with E-state index in [4.69, 9.17) is 0 Å². The first-order chi connectivity index (χ1) is 9.45. The van der Waals surface area contributed by atoms with E-state index in [9.17, 15) is 0 Å². The summed E-state index contributed by atoms with van der Waals surface area (Å²) in [5.74, 6) is 0.885. The Hall–Kier alpha value is -0.890. The van der Waals surface area contributed by atoms with Crippen LogP contribution in [0.3, 0.4) is 0 Å². The summed E-state index contributed by atoms with van der Waals surface area (Å²) < 4.78 is 0. The van der Waals surface area contributed by atoms with Gasteiger partial charge in [-0.2, -0.15) is 0 Å². The normalized spacial score (nSPS) is 24.4. The average molecular weight is 274 g/mol. The van der Waals surface area contributed by atoms with Crippen LogP contribution in [0.1, 0.15) is 64.1 Å². The average Bonchev–Trinajstić information content (AvgIpc) is 2.63. The zero-order valence-electron chi connectivity index (χ0n) is 13.6. The summed E-state index contributed by atoms with van der Waals surface area (Å²) in [4.78, 5) is 4.37. The molecule has 1 fully saturated rings. The molecule has 1 aromatic rings. The minimum Gasteiger partial charge on any atom is -0.310 e. The van der Waals surface area contributed by atoms with Crippen molar-refractivity contribution >= 4 is 0 Å². The van der Waals surface area contributed by atoms with E-state index in [1.165, 1.54) is 37.7 Å². The fourth-order valence-corrected chi connectivity index (χ4v) is 3.24. The van der Waals surface area contributed by atoms with Crippen LogP contribution in [0.2, 0.25) is 0 Å². The van der Waals surface area contributed by atoms with Gasteiger partial charge in [-0.15, -0.1) is 0 Å². The highest BCUT2D eigenvalue weighted by atomic mass is 14.9. The fourth-order valence-electron chi connectivity index (χ4n) is 3.24. The first-order valence-electron chi connectivity index (χ1n) is 8.10. The lowest BCUT2D eigenvalue weighted by molar-refractivity contribution is 0.213. The van der Waals surface area contributed by atoms with E-state index in [0.29, 0.717) is 11.5 Å². The maximum atomic E-state index is 4.37. The van der Waals surface area contributed by atoms with Crippen molar-refractivity contribution in [2.24, 2.45) is 11.3 Å². The number of hydrogen-bond donors (Lipinski definition) is 1. The van der Waals surface area contributed by atoms with Crippen molar-refractivity contribution in [1.82, 2.24) is 10.3 Å². The molecule has 0 amide bonds. The van der Waals surface area contributed by atoms with Gasteiger partial charge in [0.2, 0.25) is 0 Å². The van der Waals surface area contributed by atoms with Crippen LogP contribution in [0.5, 0.6) is 0 Å². The van der Waals surface area contributed by atoms with Crippen LogP contribution in [0.25, 0.3) is 0 Å². The molecule has 1 heterocycles. The molecule has 2 unspecified atom stereocenters. The Balaban J connectivity index is 1.81. The highest BCUT2D eigenvalue weighted by molar-refractivity contribution is 5.12. The topological polar surface area (TPSA) is 24.9 Å². The first-order valence-corrected chi connectivity index (χ1v) is 8.10. The summed E-state index contributed by atoms with van der Waals surface area (Å²) in [6, 6.07) is 4.97. The molecule has 0 bridgehead atoms. The Kier molecular flexibility index (Phi) is 5.20. The highest BCUT2D eigenvalue weighted by Gasteiger charge is 2.27. The van der Waals surface area contributed by atoms with Crippen molar-refractivity contribution in [2.75, 3.05) is 0 Å². The number of aromatic nitrogens is 1. The molecule has 0 aromatic carbocycles. The Morgan fingerprint density at radius 1 is 1.15 bits per heavy atom.